The van der Waals surface area contributed by atoms with Gasteiger partial charge in [-0.1, -0.05) is 47.2 Å². The number of amides is 3. The highest BCUT2D eigenvalue weighted by Gasteiger charge is 2.52. The highest BCUT2D eigenvalue weighted by molar-refractivity contribution is 7.17. The third-order valence-corrected chi connectivity index (χ3v) is 13.0. The van der Waals surface area contributed by atoms with Crippen LogP contribution in [0.15, 0.2) is 54.7 Å². The van der Waals surface area contributed by atoms with Gasteiger partial charge in [-0.05, 0) is 69.0 Å². The van der Waals surface area contributed by atoms with E-state index in [1.807, 2.05) is 57.3 Å². The van der Waals surface area contributed by atoms with Crippen molar-refractivity contribution in [1.82, 2.24) is 30.1 Å². The standard InChI is InChI=1S/C33H37N9O4S.C8H10ClN/c1-19-35-28(37-33-34-13-24(18-43)47-33)12-29(36-19)42-17-26-27(42)16-39(26)10-2-3-31(45)41-15-22-11-23(41)14-40(22)21-6-4-20(5-7-21)25-8-9-30(44)38-32(25)46;1-6-4-3-5-7(9)8(6)10-2/h4-7,12-13,18,22-23,25-27H,2-3,8-11,14-17H2,1H3,(H,38,44,46)(H,34,35,36,37);3-5,10H,1-2H3/t22?,23?,25?,26?,27-;/m0./s1. The van der Waals surface area contributed by atoms with E-state index in [2.05, 4.69) is 62.6 Å². The number of carbonyl (C=O) groups is 4. The van der Waals surface area contributed by atoms with Crippen molar-refractivity contribution in [3.05, 3.63) is 81.6 Å². The molecule has 2 aromatic carbocycles. The zero-order valence-corrected chi connectivity index (χ0v) is 33.9. The Morgan fingerprint density at radius 2 is 1.84 bits per heavy atom. The summed E-state index contributed by atoms with van der Waals surface area (Å²) in [5.41, 5.74) is 4.26. The van der Waals surface area contributed by atoms with Crippen molar-refractivity contribution in [3.63, 3.8) is 0 Å². The van der Waals surface area contributed by atoms with Crippen LogP contribution in [0.4, 0.5) is 28.1 Å². The predicted molar refractivity (Wildman–Crippen MR) is 222 cm³/mol. The first-order valence-corrected chi connectivity index (χ1v) is 20.7. The second-order valence-electron chi connectivity index (χ2n) is 15.4. The van der Waals surface area contributed by atoms with E-state index in [0.717, 1.165) is 79.6 Å². The second kappa shape index (κ2) is 16.4. The van der Waals surface area contributed by atoms with Gasteiger partial charge in [0.2, 0.25) is 17.7 Å². The number of carbonyl (C=O) groups excluding carboxylic acids is 4. The van der Waals surface area contributed by atoms with Crippen LogP contribution < -0.4 is 25.8 Å². The van der Waals surface area contributed by atoms with Crippen molar-refractivity contribution in [2.45, 2.75) is 76.0 Å². The average molecular weight is 811 g/mol. The molecule has 7 heterocycles. The van der Waals surface area contributed by atoms with Crippen molar-refractivity contribution >= 4 is 75.1 Å². The van der Waals surface area contributed by atoms with Crippen LogP contribution in [0.3, 0.4) is 0 Å². The van der Waals surface area contributed by atoms with Gasteiger partial charge in [-0.15, -0.1) is 0 Å². The minimum atomic E-state index is -0.274. The number of aromatic nitrogens is 3. The fraction of sp³-hybridized carbons (Fsp3) is 0.439. The summed E-state index contributed by atoms with van der Waals surface area (Å²) in [6.07, 6.45) is 5.69. The lowest BCUT2D eigenvalue weighted by Gasteiger charge is -2.62. The minimum Gasteiger partial charge on any atom is -0.387 e. The summed E-state index contributed by atoms with van der Waals surface area (Å²) in [4.78, 5) is 71.2. The lowest BCUT2D eigenvalue weighted by atomic mass is 9.85. The lowest BCUT2D eigenvalue weighted by molar-refractivity contribution is -0.134. The summed E-state index contributed by atoms with van der Waals surface area (Å²) < 4.78 is 0. The predicted octanol–water partition coefficient (Wildman–Crippen LogP) is 5.15. The fourth-order valence-electron chi connectivity index (χ4n) is 8.86. The molecule has 0 saturated carbocycles. The monoisotopic (exact) mass is 810 g/mol. The molecule has 5 atom stereocenters. The summed E-state index contributed by atoms with van der Waals surface area (Å²) in [6.45, 7) is 8.29. The van der Waals surface area contributed by atoms with Gasteiger partial charge in [0.1, 0.15) is 17.5 Å². The number of nitrogens with zero attached hydrogens (tertiary/aromatic N) is 7. The molecule has 3 amide bonds. The molecular weight excluding hydrogens is 764 g/mol. The summed E-state index contributed by atoms with van der Waals surface area (Å²) in [6, 6.07) is 17.4. The van der Waals surface area contributed by atoms with E-state index >= 15 is 0 Å². The summed E-state index contributed by atoms with van der Waals surface area (Å²) in [7, 11) is 1.87. The Balaban J connectivity index is 0.000000399. The topological polar surface area (TPSA) is 156 Å². The molecule has 5 aliphatic rings. The summed E-state index contributed by atoms with van der Waals surface area (Å²) >= 11 is 7.15. The molecule has 0 aliphatic carbocycles. The van der Waals surface area contributed by atoms with Gasteiger partial charge in [-0.2, -0.15) is 0 Å². The van der Waals surface area contributed by atoms with Crippen molar-refractivity contribution in [1.29, 1.82) is 0 Å². The highest BCUT2D eigenvalue weighted by Crippen LogP contribution is 2.39. The molecule has 2 bridgehead atoms. The number of piperidine rings is 1. The summed E-state index contributed by atoms with van der Waals surface area (Å²) in [5.74, 6) is 1.81. The number of para-hydroxylation sites is 1. The molecule has 5 saturated heterocycles. The van der Waals surface area contributed by atoms with Crippen LogP contribution in [0.1, 0.15) is 64.6 Å². The SMILES string of the molecule is CNc1c(C)cccc1Cl.Cc1nc(Nc2ncc(C=O)s2)cc(N2CC3[C@@H]2CN3CCCC(=O)N2CC3CC2CN3c2ccc(C3CCC(=O)NC3=O)cc2)n1. The molecule has 57 heavy (non-hydrogen) atoms. The first kappa shape index (κ1) is 38.7. The van der Waals surface area contributed by atoms with Gasteiger partial charge in [-0.3, -0.25) is 29.4 Å². The molecule has 16 heteroatoms. The maximum atomic E-state index is 13.2. The molecule has 4 aromatic rings. The number of rotatable bonds is 11. The quantitative estimate of drug-likeness (QED) is 0.136. The molecule has 2 aromatic heterocycles. The molecule has 5 aliphatic heterocycles. The molecule has 298 valence electrons. The highest BCUT2D eigenvalue weighted by atomic mass is 35.5. The van der Waals surface area contributed by atoms with Gasteiger partial charge in [0, 0.05) is 69.9 Å². The van der Waals surface area contributed by atoms with Crippen LogP contribution >= 0.6 is 22.9 Å². The number of benzene rings is 2. The van der Waals surface area contributed by atoms with E-state index in [1.54, 1.807) is 6.20 Å². The number of halogens is 1. The molecule has 9 rings (SSSR count). The van der Waals surface area contributed by atoms with Crippen LogP contribution in [0.2, 0.25) is 5.02 Å². The third kappa shape index (κ3) is 8.05. The Morgan fingerprint density at radius 1 is 1.02 bits per heavy atom. The maximum Gasteiger partial charge on any atom is 0.234 e. The van der Waals surface area contributed by atoms with Crippen molar-refractivity contribution < 1.29 is 19.2 Å². The molecule has 3 N–H and O–H groups in total. The number of likely N-dealkylation sites (tertiary alicyclic amines) is 2. The molecule has 4 unspecified atom stereocenters. The molecule has 14 nitrogen and oxygen atoms in total. The van der Waals surface area contributed by atoms with Crippen molar-refractivity contribution in [2.24, 2.45) is 0 Å². The first-order chi connectivity index (χ1) is 27.6. The zero-order valence-electron chi connectivity index (χ0n) is 32.3. The van der Waals surface area contributed by atoms with E-state index in [4.69, 9.17) is 11.6 Å². The van der Waals surface area contributed by atoms with Crippen LogP contribution in [0.25, 0.3) is 0 Å². The van der Waals surface area contributed by atoms with Crippen LogP contribution in [-0.4, -0.2) is 113 Å². The fourth-order valence-corrected chi connectivity index (χ4v) is 9.82. The number of aryl methyl sites for hydroxylation is 2. The number of aldehydes is 1. The molecular formula is C41H47ClN10O4S. The van der Waals surface area contributed by atoms with Gasteiger partial charge in [0.15, 0.2) is 11.4 Å². The second-order valence-corrected chi connectivity index (χ2v) is 16.8. The number of anilines is 5. The molecule has 0 spiro atoms. The van der Waals surface area contributed by atoms with E-state index in [0.29, 0.717) is 59.0 Å². The van der Waals surface area contributed by atoms with Crippen molar-refractivity contribution in [3.8, 4) is 0 Å². The number of hydrogen-bond acceptors (Lipinski definition) is 13. The average Bonchev–Trinajstić information content (AvgIpc) is 3.94. The number of imide groups is 1. The molecule has 0 radical (unpaired) electrons. The van der Waals surface area contributed by atoms with E-state index in [9.17, 15) is 19.2 Å². The van der Waals surface area contributed by atoms with Gasteiger partial charge < -0.3 is 25.3 Å². The Hall–Kier alpha value is -5.12. The third-order valence-electron chi connectivity index (χ3n) is 11.8. The van der Waals surface area contributed by atoms with E-state index in [1.165, 1.54) is 16.9 Å². The zero-order chi connectivity index (χ0) is 39.8. The van der Waals surface area contributed by atoms with Gasteiger partial charge >= 0.3 is 0 Å². The van der Waals surface area contributed by atoms with E-state index < -0.39 is 0 Å². The van der Waals surface area contributed by atoms with Gasteiger partial charge in [-0.25, -0.2) is 15.0 Å². The maximum absolute atomic E-state index is 13.2. The molecule has 5 fully saturated rings. The van der Waals surface area contributed by atoms with Crippen molar-refractivity contribution in [2.75, 3.05) is 60.2 Å². The Kier molecular flexibility index (Phi) is 11.1. The Labute approximate surface area is 341 Å². The Bertz CT molecular complexity index is 2150. The normalized spacial score (nSPS) is 23.5. The number of nitrogens with one attached hydrogen (secondary N) is 3. The van der Waals surface area contributed by atoms with E-state index in [-0.39, 0.29) is 29.7 Å². The summed E-state index contributed by atoms with van der Waals surface area (Å²) in [5, 5.41) is 10.1. The van der Waals surface area contributed by atoms with Crippen LogP contribution in [0, 0.1) is 13.8 Å². The number of thiazole rings is 1. The smallest absolute Gasteiger partial charge is 0.234 e. The number of fused-ring (bicyclic) bond motifs is 3. The van der Waals surface area contributed by atoms with Gasteiger partial charge in [0.05, 0.1) is 39.8 Å². The van der Waals surface area contributed by atoms with Gasteiger partial charge in [0.25, 0.3) is 0 Å². The number of piperazine rings is 2. The van der Waals surface area contributed by atoms with Crippen LogP contribution in [0.5, 0.6) is 0 Å². The lowest BCUT2D eigenvalue weighted by Crippen LogP contribution is -2.79. The first-order valence-electron chi connectivity index (χ1n) is 19.6. The number of hydrogen-bond donors (Lipinski definition) is 3. The van der Waals surface area contributed by atoms with Crippen LogP contribution in [-0.2, 0) is 14.4 Å². The Morgan fingerprint density at radius 3 is 2.49 bits per heavy atom. The largest absolute Gasteiger partial charge is 0.387 e. The minimum absolute atomic E-state index is 0.197.